The first kappa shape index (κ1) is 19.5. The van der Waals surface area contributed by atoms with Crippen molar-refractivity contribution in [2.45, 2.75) is 20.0 Å². The van der Waals surface area contributed by atoms with Crippen LogP contribution >= 0.6 is 11.3 Å². The van der Waals surface area contributed by atoms with E-state index >= 15 is 0 Å². The molecule has 1 aromatic heterocycles. The van der Waals surface area contributed by atoms with E-state index in [1.165, 1.54) is 17.4 Å². The van der Waals surface area contributed by atoms with Gasteiger partial charge in [-0.05, 0) is 37.3 Å². The number of thiazole rings is 1. The molecule has 1 heterocycles. The van der Waals surface area contributed by atoms with E-state index in [0.717, 1.165) is 10.7 Å². The maximum absolute atomic E-state index is 13.6. The van der Waals surface area contributed by atoms with Gasteiger partial charge in [0.15, 0.2) is 0 Å². The topological polar surface area (TPSA) is 83.1 Å². The summed E-state index contributed by atoms with van der Waals surface area (Å²) in [7, 11) is 0. The van der Waals surface area contributed by atoms with Gasteiger partial charge in [0.25, 0.3) is 5.91 Å². The number of anilines is 1. The lowest BCUT2D eigenvalue weighted by Gasteiger charge is -2.09. The Morgan fingerprint density at radius 2 is 1.79 bits per heavy atom. The van der Waals surface area contributed by atoms with Crippen LogP contribution in [0.2, 0.25) is 0 Å². The van der Waals surface area contributed by atoms with Crippen molar-refractivity contribution in [3.8, 4) is 0 Å². The lowest BCUT2D eigenvalue weighted by molar-refractivity contribution is 0.0950. The Kier molecular flexibility index (Phi) is 6.33. The second-order valence-corrected chi connectivity index (χ2v) is 6.98. The summed E-state index contributed by atoms with van der Waals surface area (Å²) in [6, 6.07) is 12.4. The van der Waals surface area contributed by atoms with Gasteiger partial charge in [-0.3, -0.25) is 4.79 Å². The number of rotatable bonds is 6. The van der Waals surface area contributed by atoms with Crippen LogP contribution in [0.25, 0.3) is 0 Å². The number of carbonyl (C=O) groups is 2. The lowest BCUT2D eigenvalue weighted by Crippen LogP contribution is -2.28. The average molecular weight is 398 g/mol. The van der Waals surface area contributed by atoms with E-state index in [0.29, 0.717) is 23.4 Å². The molecule has 3 amide bonds. The Balaban J connectivity index is 1.49. The molecule has 3 aromatic rings. The zero-order valence-corrected chi connectivity index (χ0v) is 16.0. The van der Waals surface area contributed by atoms with Crippen LogP contribution in [0.3, 0.4) is 0 Å². The van der Waals surface area contributed by atoms with E-state index in [4.69, 9.17) is 0 Å². The summed E-state index contributed by atoms with van der Waals surface area (Å²) in [4.78, 5) is 28.4. The molecule has 0 saturated heterocycles. The van der Waals surface area contributed by atoms with Crippen LogP contribution in [0, 0.1) is 12.7 Å². The molecule has 0 spiro atoms. The van der Waals surface area contributed by atoms with Crippen LogP contribution in [-0.2, 0) is 13.1 Å². The minimum atomic E-state index is -0.360. The van der Waals surface area contributed by atoms with Crippen LogP contribution in [0.4, 0.5) is 14.9 Å². The SMILES string of the molecule is Cc1csc(CNC(=O)Nc2ccc(C(=O)NCc3ccccc3F)cc2)n1. The molecule has 3 rings (SSSR count). The van der Waals surface area contributed by atoms with Crippen molar-refractivity contribution in [1.82, 2.24) is 15.6 Å². The number of hydrogen-bond acceptors (Lipinski definition) is 4. The molecule has 0 radical (unpaired) electrons. The molecule has 0 aliphatic rings. The summed E-state index contributed by atoms with van der Waals surface area (Å²) >= 11 is 1.49. The Bertz CT molecular complexity index is 972. The van der Waals surface area contributed by atoms with Crippen molar-refractivity contribution in [2.75, 3.05) is 5.32 Å². The van der Waals surface area contributed by atoms with Gasteiger partial charge in [0.05, 0.1) is 6.54 Å². The summed E-state index contributed by atoms with van der Waals surface area (Å²) in [6.45, 7) is 2.35. The summed E-state index contributed by atoms with van der Waals surface area (Å²) < 4.78 is 13.6. The van der Waals surface area contributed by atoms with Crippen molar-refractivity contribution < 1.29 is 14.0 Å². The number of nitrogens with one attached hydrogen (secondary N) is 3. The predicted molar refractivity (Wildman–Crippen MR) is 107 cm³/mol. The van der Waals surface area contributed by atoms with Gasteiger partial charge in [0.2, 0.25) is 0 Å². The van der Waals surface area contributed by atoms with Crippen LogP contribution in [0.5, 0.6) is 0 Å². The number of aromatic nitrogens is 1. The third-order valence-corrected chi connectivity index (χ3v) is 4.84. The van der Waals surface area contributed by atoms with Gasteiger partial charge in [0, 0.05) is 34.4 Å². The molecule has 0 fully saturated rings. The molecule has 0 aliphatic heterocycles. The molecule has 144 valence electrons. The number of benzene rings is 2. The number of hydrogen-bond donors (Lipinski definition) is 3. The largest absolute Gasteiger partial charge is 0.348 e. The number of urea groups is 1. The molecule has 2 aromatic carbocycles. The van der Waals surface area contributed by atoms with E-state index in [9.17, 15) is 14.0 Å². The molecule has 0 atom stereocenters. The molecule has 0 saturated carbocycles. The highest BCUT2D eigenvalue weighted by molar-refractivity contribution is 7.09. The van der Waals surface area contributed by atoms with Crippen molar-refractivity contribution in [2.24, 2.45) is 0 Å². The third-order valence-electron chi connectivity index (χ3n) is 3.87. The number of aryl methyl sites for hydroxylation is 1. The molecule has 3 N–H and O–H groups in total. The molecule has 0 aliphatic carbocycles. The summed E-state index contributed by atoms with van der Waals surface area (Å²) in [5.74, 6) is -0.681. The van der Waals surface area contributed by atoms with E-state index in [2.05, 4.69) is 20.9 Å². The number of nitrogens with zero attached hydrogens (tertiary/aromatic N) is 1. The van der Waals surface area contributed by atoms with Crippen LogP contribution in [0.15, 0.2) is 53.9 Å². The first-order chi connectivity index (χ1) is 13.5. The van der Waals surface area contributed by atoms with Crippen LogP contribution in [0.1, 0.15) is 26.6 Å². The fourth-order valence-electron chi connectivity index (χ4n) is 2.44. The maximum Gasteiger partial charge on any atom is 0.319 e. The van der Waals surface area contributed by atoms with Crippen LogP contribution in [-0.4, -0.2) is 16.9 Å². The second-order valence-electron chi connectivity index (χ2n) is 6.04. The second kappa shape index (κ2) is 9.09. The first-order valence-corrected chi connectivity index (χ1v) is 9.47. The molecular formula is C20H19FN4O2S. The van der Waals surface area contributed by atoms with E-state index < -0.39 is 0 Å². The van der Waals surface area contributed by atoms with Gasteiger partial charge < -0.3 is 16.0 Å². The van der Waals surface area contributed by atoms with Gasteiger partial charge in [-0.15, -0.1) is 11.3 Å². The Hall–Kier alpha value is -3.26. The zero-order valence-electron chi connectivity index (χ0n) is 15.2. The highest BCUT2D eigenvalue weighted by atomic mass is 32.1. The average Bonchev–Trinajstić information content (AvgIpc) is 3.11. The van der Waals surface area contributed by atoms with Gasteiger partial charge in [-0.2, -0.15) is 0 Å². The Morgan fingerprint density at radius 1 is 1.04 bits per heavy atom. The van der Waals surface area contributed by atoms with Crippen molar-refractivity contribution in [3.05, 3.63) is 81.6 Å². The van der Waals surface area contributed by atoms with Gasteiger partial charge in [-0.25, -0.2) is 14.2 Å². The van der Waals surface area contributed by atoms with Crippen molar-refractivity contribution >= 4 is 29.0 Å². The minimum absolute atomic E-state index is 0.101. The van der Waals surface area contributed by atoms with Crippen molar-refractivity contribution in [3.63, 3.8) is 0 Å². The molecule has 0 bridgehead atoms. The third kappa shape index (κ3) is 5.37. The Morgan fingerprint density at radius 3 is 2.46 bits per heavy atom. The monoisotopic (exact) mass is 398 g/mol. The fraction of sp³-hybridized carbons (Fsp3) is 0.150. The summed E-state index contributed by atoms with van der Waals surface area (Å²) in [5.41, 5.74) is 2.31. The molecule has 0 unspecified atom stereocenters. The minimum Gasteiger partial charge on any atom is -0.348 e. The summed E-state index contributed by atoms with van der Waals surface area (Å²) in [5, 5.41) is 10.8. The van der Waals surface area contributed by atoms with Gasteiger partial charge >= 0.3 is 6.03 Å². The van der Waals surface area contributed by atoms with E-state index in [-0.39, 0.29) is 24.3 Å². The summed E-state index contributed by atoms with van der Waals surface area (Å²) in [6.07, 6.45) is 0. The first-order valence-electron chi connectivity index (χ1n) is 8.59. The highest BCUT2D eigenvalue weighted by Crippen LogP contribution is 2.11. The lowest BCUT2D eigenvalue weighted by atomic mass is 10.1. The standard InChI is InChI=1S/C20H19FN4O2S/c1-13-12-28-18(24-13)11-23-20(27)25-16-8-6-14(7-9-16)19(26)22-10-15-4-2-3-5-17(15)21/h2-9,12H,10-11H2,1H3,(H,22,26)(H2,23,25,27). The molecule has 6 nitrogen and oxygen atoms in total. The molecule has 28 heavy (non-hydrogen) atoms. The van der Waals surface area contributed by atoms with Crippen molar-refractivity contribution in [1.29, 1.82) is 0 Å². The molecule has 8 heteroatoms. The van der Waals surface area contributed by atoms with E-state index in [1.807, 2.05) is 12.3 Å². The maximum atomic E-state index is 13.6. The number of carbonyl (C=O) groups excluding carboxylic acids is 2. The number of halogens is 1. The Labute approximate surface area is 165 Å². The number of amides is 3. The van der Waals surface area contributed by atoms with E-state index in [1.54, 1.807) is 42.5 Å². The quantitative estimate of drug-likeness (QED) is 0.590. The van der Waals surface area contributed by atoms with Crippen LogP contribution < -0.4 is 16.0 Å². The molecular weight excluding hydrogens is 379 g/mol. The highest BCUT2D eigenvalue weighted by Gasteiger charge is 2.08. The smallest absolute Gasteiger partial charge is 0.319 e. The predicted octanol–water partition coefficient (Wildman–Crippen LogP) is 3.84. The fourth-order valence-corrected chi connectivity index (χ4v) is 3.15. The van der Waals surface area contributed by atoms with Gasteiger partial charge in [-0.1, -0.05) is 18.2 Å². The normalized spacial score (nSPS) is 10.4. The zero-order chi connectivity index (χ0) is 19.9. The van der Waals surface area contributed by atoms with Gasteiger partial charge in [0.1, 0.15) is 10.8 Å².